The van der Waals surface area contributed by atoms with Crippen LogP contribution in [0.25, 0.3) is 10.9 Å². The number of H-pyrrole nitrogens is 1. The van der Waals surface area contributed by atoms with Gasteiger partial charge in [-0.1, -0.05) is 39.0 Å². The van der Waals surface area contributed by atoms with Crippen LogP contribution < -0.4 is 4.72 Å². The molecule has 5 heteroatoms. The van der Waals surface area contributed by atoms with Gasteiger partial charge in [0.15, 0.2) is 0 Å². The highest BCUT2D eigenvalue weighted by Gasteiger charge is 2.20. The van der Waals surface area contributed by atoms with E-state index in [2.05, 4.69) is 9.71 Å². The van der Waals surface area contributed by atoms with Crippen molar-refractivity contribution >= 4 is 20.9 Å². The molecule has 0 radical (unpaired) electrons. The van der Waals surface area contributed by atoms with E-state index >= 15 is 0 Å². The van der Waals surface area contributed by atoms with Gasteiger partial charge in [0.05, 0.1) is 5.75 Å². The summed E-state index contributed by atoms with van der Waals surface area (Å²) in [4.78, 5) is 3.20. The zero-order chi connectivity index (χ0) is 14.8. The largest absolute Gasteiger partial charge is 0.361 e. The zero-order valence-corrected chi connectivity index (χ0v) is 13.0. The number of fused-ring (bicyclic) bond motifs is 1. The zero-order valence-electron chi connectivity index (χ0n) is 12.2. The van der Waals surface area contributed by atoms with E-state index < -0.39 is 10.0 Å². The number of sulfonamides is 1. The van der Waals surface area contributed by atoms with Gasteiger partial charge in [-0.2, -0.15) is 0 Å². The molecule has 2 aromatic rings. The highest BCUT2D eigenvalue weighted by Crippen LogP contribution is 2.18. The van der Waals surface area contributed by atoms with Crippen LogP contribution in [-0.2, 0) is 16.4 Å². The highest BCUT2D eigenvalue weighted by molar-refractivity contribution is 7.89. The molecule has 1 aromatic heterocycles. The number of nitrogens with one attached hydrogen (secondary N) is 2. The molecule has 0 aliphatic heterocycles. The van der Waals surface area contributed by atoms with Crippen LogP contribution in [0.2, 0.25) is 0 Å². The highest BCUT2D eigenvalue weighted by atomic mass is 32.2. The molecule has 0 fully saturated rings. The quantitative estimate of drug-likeness (QED) is 0.890. The van der Waals surface area contributed by atoms with Crippen LogP contribution in [-0.4, -0.2) is 25.7 Å². The fourth-order valence-corrected chi connectivity index (χ4v) is 3.96. The number of hydrogen-bond acceptors (Lipinski definition) is 2. The van der Waals surface area contributed by atoms with Crippen molar-refractivity contribution in [1.29, 1.82) is 0 Å². The number of para-hydroxylation sites is 1. The van der Waals surface area contributed by atoms with Crippen LogP contribution in [0.4, 0.5) is 0 Å². The summed E-state index contributed by atoms with van der Waals surface area (Å²) in [6.07, 6.45) is 2.64. The van der Waals surface area contributed by atoms with E-state index in [0.717, 1.165) is 16.5 Å². The number of rotatable bonds is 5. The predicted molar refractivity (Wildman–Crippen MR) is 83.2 cm³/mol. The van der Waals surface area contributed by atoms with Crippen LogP contribution >= 0.6 is 0 Å². The van der Waals surface area contributed by atoms with Crippen molar-refractivity contribution in [2.45, 2.75) is 27.2 Å². The van der Waals surface area contributed by atoms with Gasteiger partial charge in [0.2, 0.25) is 10.0 Å². The second kappa shape index (κ2) is 5.58. The van der Waals surface area contributed by atoms with Gasteiger partial charge in [0.25, 0.3) is 0 Å². The van der Waals surface area contributed by atoms with E-state index in [-0.39, 0.29) is 11.2 Å². The average molecular weight is 294 g/mol. The number of hydrogen-bond donors (Lipinski definition) is 2. The molecule has 0 aliphatic rings. The maximum atomic E-state index is 11.9. The van der Waals surface area contributed by atoms with Crippen molar-refractivity contribution in [3.8, 4) is 0 Å². The Labute approximate surface area is 120 Å². The minimum absolute atomic E-state index is 0.147. The van der Waals surface area contributed by atoms with Crippen LogP contribution in [0, 0.1) is 5.41 Å². The van der Waals surface area contributed by atoms with E-state index in [4.69, 9.17) is 0 Å². The van der Waals surface area contributed by atoms with Crippen molar-refractivity contribution in [3.05, 3.63) is 36.0 Å². The summed E-state index contributed by atoms with van der Waals surface area (Å²) in [5.41, 5.74) is 1.99. The van der Waals surface area contributed by atoms with Gasteiger partial charge in [-0.25, -0.2) is 13.1 Å². The van der Waals surface area contributed by atoms with Crippen LogP contribution in [0.5, 0.6) is 0 Å². The summed E-state index contributed by atoms with van der Waals surface area (Å²) >= 11 is 0. The Bertz CT molecular complexity index is 681. The molecule has 110 valence electrons. The van der Waals surface area contributed by atoms with E-state index in [1.807, 2.05) is 51.2 Å². The van der Waals surface area contributed by atoms with Gasteiger partial charge >= 0.3 is 0 Å². The summed E-state index contributed by atoms with van der Waals surface area (Å²) in [6, 6.07) is 8.03. The summed E-state index contributed by atoms with van der Waals surface area (Å²) in [5.74, 6) is 0.147. The van der Waals surface area contributed by atoms with Crippen LogP contribution in [0.15, 0.2) is 30.5 Å². The van der Waals surface area contributed by atoms with Gasteiger partial charge in [-0.05, 0) is 23.5 Å². The van der Waals surface area contributed by atoms with Crippen molar-refractivity contribution in [2.24, 2.45) is 5.41 Å². The number of benzene rings is 1. The summed E-state index contributed by atoms with van der Waals surface area (Å²) in [5, 5.41) is 1.16. The lowest BCUT2D eigenvalue weighted by molar-refractivity contribution is 0.458. The molecule has 2 N–H and O–H groups in total. The summed E-state index contributed by atoms with van der Waals surface area (Å²) in [7, 11) is -3.21. The van der Waals surface area contributed by atoms with Crippen molar-refractivity contribution in [3.63, 3.8) is 0 Å². The first-order chi connectivity index (χ1) is 9.27. The third-order valence-corrected chi connectivity index (χ3v) is 4.90. The normalized spacial score (nSPS) is 12.9. The topological polar surface area (TPSA) is 62.0 Å². The molecule has 2 rings (SSSR count). The third-order valence-electron chi connectivity index (χ3n) is 3.01. The molecule has 0 unspecified atom stereocenters. The monoisotopic (exact) mass is 294 g/mol. The van der Waals surface area contributed by atoms with Crippen LogP contribution in [0.3, 0.4) is 0 Å². The van der Waals surface area contributed by atoms with Gasteiger partial charge in [-0.3, -0.25) is 0 Å². The average Bonchev–Trinajstić information content (AvgIpc) is 2.69. The Hall–Kier alpha value is -1.33. The van der Waals surface area contributed by atoms with Crippen LogP contribution in [0.1, 0.15) is 26.3 Å². The van der Waals surface area contributed by atoms with Crippen molar-refractivity contribution < 1.29 is 8.42 Å². The molecular weight excluding hydrogens is 272 g/mol. The third kappa shape index (κ3) is 4.08. The maximum Gasteiger partial charge on any atom is 0.212 e. The predicted octanol–water partition coefficient (Wildman–Crippen LogP) is 2.68. The van der Waals surface area contributed by atoms with Gasteiger partial charge in [-0.15, -0.1) is 0 Å². The molecule has 0 atom stereocenters. The Balaban J connectivity index is 1.96. The first-order valence-corrected chi connectivity index (χ1v) is 8.44. The van der Waals surface area contributed by atoms with E-state index in [1.165, 1.54) is 0 Å². The van der Waals surface area contributed by atoms with Crippen molar-refractivity contribution in [2.75, 3.05) is 12.3 Å². The van der Waals surface area contributed by atoms with E-state index in [1.54, 1.807) is 0 Å². The lowest BCUT2D eigenvalue weighted by Gasteiger charge is -2.18. The summed E-state index contributed by atoms with van der Waals surface area (Å²) < 4.78 is 26.5. The lowest BCUT2D eigenvalue weighted by atomic mass is 10.0. The van der Waals surface area contributed by atoms with Gasteiger partial charge < -0.3 is 4.98 Å². The SMILES string of the molecule is CC(C)(C)CS(=O)(=O)NCCc1c[nH]c2ccccc12. The molecule has 0 spiro atoms. The Morgan fingerprint density at radius 3 is 2.60 bits per heavy atom. The van der Waals surface area contributed by atoms with Crippen molar-refractivity contribution in [1.82, 2.24) is 9.71 Å². The molecule has 20 heavy (non-hydrogen) atoms. The molecule has 1 heterocycles. The number of aromatic amines is 1. The summed E-state index contributed by atoms with van der Waals surface area (Å²) in [6.45, 7) is 6.20. The first kappa shape index (κ1) is 15.1. The molecule has 0 saturated heterocycles. The van der Waals surface area contributed by atoms with E-state index in [9.17, 15) is 8.42 Å². The molecule has 0 amide bonds. The molecule has 0 saturated carbocycles. The van der Waals surface area contributed by atoms with Gasteiger partial charge in [0.1, 0.15) is 0 Å². The number of aromatic nitrogens is 1. The Kier molecular flexibility index (Phi) is 4.20. The first-order valence-electron chi connectivity index (χ1n) is 6.79. The molecule has 1 aromatic carbocycles. The molecule has 4 nitrogen and oxygen atoms in total. The molecular formula is C15H22N2O2S. The smallest absolute Gasteiger partial charge is 0.212 e. The lowest BCUT2D eigenvalue weighted by Crippen LogP contribution is -2.33. The molecule has 0 aliphatic carbocycles. The second-order valence-corrected chi connectivity index (χ2v) is 8.13. The Morgan fingerprint density at radius 2 is 1.90 bits per heavy atom. The van der Waals surface area contributed by atoms with E-state index in [0.29, 0.717) is 13.0 Å². The minimum atomic E-state index is -3.21. The minimum Gasteiger partial charge on any atom is -0.361 e. The Morgan fingerprint density at radius 1 is 1.20 bits per heavy atom. The van der Waals surface area contributed by atoms with Gasteiger partial charge in [0, 0.05) is 23.6 Å². The standard InChI is InChI=1S/C15H22N2O2S/c1-15(2,3)11-20(18,19)17-9-8-12-10-16-14-7-5-4-6-13(12)14/h4-7,10,16-17H,8-9,11H2,1-3H3. The molecule has 0 bridgehead atoms. The second-order valence-electron chi connectivity index (χ2n) is 6.32. The fourth-order valence-electron chi connectivity index (χ4n) is 2.30. The fraction of sp³-hybridized carbons (Fsp3) is 0.467. The maximum absolute atomic E-state index is 11.9.